The zero-order valence-corrected chi connectivity index (χ0v) is 34.3. The summed E-state index contributed by atoms with van der Waals surface area (Å²) in [6.07, 6.45) is 0. The quantitative estimate of drug-likeness (QED) is 0.161. The lowest BCUT2D eigenvalue weighted by Crippen LogP contribution is -2.02. The standard InChI is InChI=1S/C57H36N4S/c1-4-14-37(15-5-1)40-24-28-42(29-25-40)55-58-56(43-30-26-41(27-31-43)38-16-6-2-7-17-38)60-57(59-55)45-34-44(39-18-8-3-9-19-39)35-46(36-45)61-50-22-12-10-21-49(50)53-51(61)33-32-48-47-20-11-13-23-52(47)62-54(48)53/h1-36H. The summed E-state index contributed by atoms with van der Waals surface area (Å²) >= 11 is 1.87. The van der Waals surface area contributed by atoms with E-state index in [-0.39, 0.29) is 0 Å². The molecule has 0 atom stereocenters. The van der Waals surface area contributed by atoms with Gasteiger partial charge in [0.1, 0.15) is 0 Å². The van der Waals surface area contributed by atoms with Crippen molar-refractivity contribution in [2.45, 2.75) is 0 Å². The molecule has 0 bridgehead atoms. The molecule has 4 nitrogen and oxygen atoms in total. The summed E-state index contributed by atoms with van der Waals surface area (Å²) < 4.78 is 5.02. The van der Waals surface area contributed by atoms with E-state index in [1.54, 1.807) is 0 Å². The summed E-state index contributed by atoms with van der Waals surface area (Å²) in [5.41, 5.74) is 12.9. The van der Waals surface area contributed by atoms with Crippen LogP contribution in [0.4, 0.5) is 0 Å². The number of thiophene rings is 1. The van der Waals surface area contributed by atoms with E-state index in [2.05, 4.69) is 211 Å². The van der Waals surface area contributed by atoms with Crippen molar-refractivity contribution in [3.8, 4) is 73.2 Å². The number of hydrogen-bond donors (Lipinski definition) is 0. The lowest BCUT2D eigenvalue weighted by atomic mass is 10.0. The molecule has 62 heavy (non-hydrogen) atoms. The SMILES string of the molecule is c1ccc(-c2ccc(-c3nc(-c4ccc(-c5ccccc5)cc4)nc(-c4cc(-c5ccccc5)cc(-n5c6ccccc6c6c7sc8ccccc8c7ccc65)c4)n3)cc2)cc1. The van der Waals surface area contributed by atoms with Crippen molar-refractivity contribution < 1.29 is 0 Å². The maximum Gasteiger partial charge on any atom is 0.164 e. The van der Waals surface area contributed by atoms with Gasteiger partial charge in [-0.1, -0.05) is 182 Å². The van der Waals surface area contributed by atoms with E-state index in [9.17, 15) is 0 Å². The Hall–Kier alpha value is -7.99. The Morgan fingerprint density at radius 1 is 0.306 bits per heavy atom. The highest BCUT2D eigenvalue weighted by Gasteiger charge is 2.20. The second-order valence-corrected chi connectivity index (χ2v) is 16.7. The van der Waals surface area contributed by atoms with Crippen LogP contribution in [-0.2, 0) is 0 Å². The number of para-hydroxylation sites is 1. The predicted octanol–water partition coefficient (Wildman–Crippen LogP) is 15.3. The first kappa shape index (κ1) is 35.9. The molecule has 0 amide bonds. The number of nitrogens with zero attached hydrogens (tertiary/aromatic N) is 4. The van der Waals surface area contributed by atoms with Gasteiger partial charge < -0.3 is 4.57 Å². The van der Waals surface area contributed by atoms with Crippen molar-refractivity contribution >= 4 is 53.3 Å². The van der Waals surface area contributed by atoms with Gasteiger partial charge in [0.15, 0.2) is 17.5 Å². The van der Waals surface area contributed by atoms with E-state index >= 15 is 0 Å². The van der Waals surface area contributed by atoms with E-state index in [0.29, 0.717) is 17.5 Å². The Bertz CT molecular complexity index is 3490. The van der Waals surface area contributed by atoms with E-state index < -0.39 is 0 Å². The second kappa shape index (κ2) is 14.9. The molecule has 0 fully saturated rings. The fourth-order valence-corrected chi connectivity index (χ4v) is 10.1. The molecule has 0 saturated carbocycles. The Kier molecular flexibility index (Phi) is 8.65. The number of rotatable bonds is 7. The first-order valence-corrected chi connectivity index (χ1v) is 21.7. The van der Waals surface area contributed by atoms with Crippen LogP contribution in [0.3, 0.4) is 0 Å². The van der Waals surface area contributed by atoms with Gasteiger partial charge in [0.05, 0.1) is 11.0 Å². The maximum absolute atomic E-state index is 5.28. The van der Waals surface area contributed by atoms with Crippen molar-refractivity contribution in [3.05, 3.63) is 218 Å². The molecular formula is C57H36N4S. The van der Waals surface area contributed by atoms with E-state index in [1.807, 2.05) is 23.5 Å². The minimum atomic E-state index is 0.607. The van der Waals surface area contributed by atoms with Gasteiger partial charge in [-0.15, -0.1) is 11.3 Å². The molecule has 12 rings (SSSR count). The summed E-state index contributed by atoms with van der Waals surface area (Å²) in [5, 5.41) is 5.09. The van der Waals surface area contributed by atoms with Crippen LogP contribution in [0.1, 0.15) is 0 Å². The van der Waals surface area contributed by atoms with Crippen LogP contribution in [-0.4, -0.2) is 19.5 Å². The van der Waals surface area contributed by atoms with E-state index in [4.69, 9.17) is 15.0 Å². The average molecular weight is 809 g/mol. The molecular weight excluding hydrogens is 773 g/mol. The van der Waals surface area contributed by atoms with Gasteiger partial charge in [-0.25, -0.2) is 15.0 Å². The smallest absolute Gasteiger partial charge is 0.164 e. The third-order valence-electron chi connectivity index (χ3n) is 11.9. The van der Waals surface area contributed by atoms with Crippen LogP contribution in [0.2, 0.25) is 0 Å². The molecule has 0 aliphatic rings. The molecule has 3 heterocycles. The van der Waals surface area contributed by atoms with Crippen molar-refractivity contribution in [1.29, 1.82) is 0 Å². The number of fused-ring (bicyclic) bond motifs is 7. The summed E-state index contributed by atoms with van der Waals surface area (Å²) in [6.45, 7) is 0. The molecule has 0 radical (unpaired) electrons. The van der Waals surface area contributed by atoms with Gasteiger partial charge in [0, 0.05) is 53.3 Å². The monoisotopic (exact) mass is 808 g/mol. The molecule has 5 heteroatoms. The fourth-order valence-electron chi connectivity index (χ4n) is 8.83. The average Bonchev–Trinajstić information content (AvgIpc) is 3.91. The fraction of sp³-hybridized carbons (Fsp3) is 0. The molecule has 0 unspecified atom stereocenters. The number of benzene rings is 9. The van der Waals surface area contributed by atoms with Crippen LogP contribution in [0.25, 0.3) is 115 Å². The molecule has 0 N–H and O–H groups in total. The zero-order chi connectivity index (χ0) is 41.0. The molecule has 0 spiro atoms. The normalized spacial score (nSPS) is 11.5. The third kappa shape index (κ3) is 6.26. The summed E-state index contributed by atoms with van der Waals surface area (Å²) in [6, 6.07) is 77.4. The van der Waals surface area contributed by atoms with Gasteiger partial charge in [0.25, 0.3) is 0 Å². The van der Waals surface area contributed by atoms with Gasteiger partial charge in [-0.2, -0.15) is 0 Å². The molecule has 0 aliphatic heterocycles. The molecule has 0 saturated heterocycles. The molecule has 3 aromatic heterocycles. The van der Waals surface area contributed by atoms with Crippen molar-refractivity contribution in [1.82, 2.24) is 19.5 Å². The largest absolute Gasteiger partial charge is 0.309 e. The van der Waals surface area contributed by atoms with Crippen LogP contribution < -0.4 is 0 Å². The van der Waals surface area contributed by atoms with Crippen LogP contribution in [0.15, 0.2) is 218 Å². The van der Waals surface area contributed by atoms with Crippen LogP contribution in [0.5, 0.6) is 0 Å². The third-order valence-corrected chi connectivity index (χ3v) is 13.1. The number of aromatic nitrogens is 4. The van der Waals surface area contributed by atoms with Gasteiger partial charge in [-0.3, -0.25) is 0 Å². The zero-order valence-electron chi connectivity index (χ0n) is 33.5. The number of hydrogen-bond acceptors (Lipinski definition) is 4. The summed E-state index contributed by atoms with van der Waals surface area (Å²) in [4.78, 5) is 15.7. The molecule has 9 aromatic carbocycles. The topological polar surface area (TPSA) is 43.6 Å². The first-order chi connectivity index (χ1) is 30.7. The van der Waals surface area contributed by atoms with Gasteiger partial charge in [-0.05, 0) is 69.8 Å². The Morgan fingerprint density at radius 2 is 0.758 bits per heavy atom. The highest BCUT2D eigenvalue weighted by atomic mass is 32.1. The van der Waals surface area contributed by atoms with Gasteiger partial charge >= 0.3 is 0 Å². The molecule has 0 aliphatic carbocycles. The van der Waals surface area contributed by atoms with Crippen molar-refractivity contribution in [2.75, 3.05) is 0 Å². The minimum Gasteiger partial charge on any atom is -0.309 e. The second-order valence-electron chi connectivity index (χ2n) is 15.6. The highest BCUT2D eigenvalue weighted by molar-refractivity contribution is 7.26. The summed E-state index contributed by atoms with van der Waals surface area (Å²) in [7, 11) is 0. The maximum atomic E-state index is 5.28. The summed E-state index contributed by atoms with van der Waals surface area (Å²) in [5.74, 6) is 1.84. The lowest BCUT2D eigenvalue weighted by molar-refractivity contribution is 1.07. The van der Waals surface area contributed by atoms with Gasteiger partial charge in [0.2, 0.25) is 0 Å². The molecule has 290 valence electrons. The Morgan fingerprint density at radius 3 is 1.35 bits per heavy atom. The Balaban J connectivity index is 1.08. The minimum absolute atomic E-state index is 0.607. The molecule has 12 aromatic rings. The van der Waals surface area contributed by atoms with E-state index in [0.717, 1.165) is 66.8 Å². The first-order valence-electron chi connectivity index (χ1n) is 20.8. The lowest BCUT2D eigenvalue weighted by Gasteiger charge is -2.14. The van der Waals surface area contributed by atoms with E-state index in [1.165, 1.54) is 30.9 Å². The van der Waals surface area contributed by atoms with Crippen molar-refractivity contribution in [3.63, 3.8) is 0 Å². The predicted molar refractivity (Wildman–Crippen MR) is 260 cm³/mol. The van der Waals surface area contributed by atoms with Crippen molar-refractivity contribution in [2.24, 2.45) is 0 Å². The van der Waals surface area contributed by atoms with Crippen LogP contribution in [0, 0.1) is 0 Å². The highest BCUT2D eigenvalue weighted by Crippen LogP contribution is 2.44. The Labute approximate surface area is 362 Å². The van der Waals surface area contributed by atoms with Crippen LogP contribution >= 0.6 is 11.3 Å².